The minimum absolute atomic E-state index is 0.0997. The van der Waals surface area contributed by atoms with Gasteiger partial charge < -0.3 is 18.6 Å². The second-order valence-corrected chi connectivity index (χ2v) is 20.9. The number of amides is 2. The van der Waals surface area contributed by atoms with Gasteiger partial charge in [-0.25, -0.2) is 10.3 Å². The molecule has 2 rings (SSSR count). The van der Waals surface area contributed by atoms with Crippen molar-refractivity contribution in [1.29, 1.82) is 0 Å². The highest BCUT2D eigenvalue weighted by Crippen LogP contribution is 2.64. The number of carbonyl (C=O) groups is 2. The van der Waals surface area contributed by atoms with Gasteiger partial charge in [-0.15, -0.1) is 0 Å². The summed E-state index contributed by atoms with van der Waals surface area (Å²) in [6, 6.07) is 10.6. The molecule has 0 aliphatic rings. The number of ether oxygens (including phenoxy) is 3. The van der Waals surface area contributed by atoms with Crippen LogP contribution in [0.2, 0.25) is 17.1 Å². The topological polar surface area (TPSA) is 115 Å². The van der Waals surface area contributed by atoms with Crippen molar-refractivity contribution in [2.75, 3.05) is 25.6 Å². The van der Waals surface area contributed by atoms with Gasteiger partial charge in [0.1, 0.15) is 24.2 Å². The van der Waals surface area contributed by atoms with E-state index < -0.39 is 117 Å². The zero-order valence-electron chi connectivity index (χ0n) is 36.8. The number of allylic oxidation sites excluding steroid dienone is 2. The molecule has 0 fully saturated rings. The van der Waals surface area contributed by atoms with Crippen LogP contribution in [0.25, 0.3) is 0 Å². The van der Waals surface area contributed by atoms with Gasteiger partial charge in [0.05, 0.1) is 13.7 Å². The summed E-state index contributed by atoms with van der Waals surface area (Å²) in [5.74, 6) is -57.7. The molecule has 68 heavy (non-hydrogen) atoms. The molecule has 0 radical (unpaired) electrons. The van der Waals surface area contributed by atoms with Crippen LogP contribution in [0.1, 0.15) is 59.6 Å². The van der Waals surface area contributed by atoms with E-state index >= 15 is 8.78 Å². The summed E-state index contributed by atoms with van der Waals surface area (Å²) in [7, 11) is -2.59. The van der Waals surface area contributed by atoms with Crippen molar-refractivity contribution < 1.29 is 108 Å². The number of benzene rings is 2. The zero-order valence-corrected chi connectivity index (χ0v) is 37.8. The molecule has 0 saturated carbocycles. The number of carbonyl (C=O) groups excluding carboxylic acids is 2. The molecule has 27 heteroatoms. The van der Waals surface area contributed by atoms with Gasteiger partial charge in [-0.2, -0.15) is 74.6 Å². The van der Waals surface area contributed by atoms with Gasteiger partial charge in [0, 0.05) is 24.1 Å². The lowest BCUT2D eigenvalue weighted by Gasteiger charge is -2.44. The van der Waals surface area contributed by atoms with E-state index in [9.17, 15) is 75.4 Å². The monoisotopic (exact) mass is 1030 g/mol. The lowest BCUT2D eigenvalue weighted by molar-refractivity contribution is -0.461. The number of hydrogen-bond donors (Lipinski definition) is 3. The Hall–Kier alpha value is -4.79. The van der Waals surface area contributed by atoms with Gasteiger partial charge in [0.25, 0.3) is 5.91 Å². The molecule has 0 saturated heterocycles. The molecule has 0 heterocycles. The third kappa shape index (κ3) is 12.1. The first kappa shape index (κ1) is 59.3. The zero-order chi connectivity index (χ0) is 52.7. The Morgan fingerprint density at radius 3 is 1.60 bits per heavy atom. The second-order valence-electron chi connectivity index (χ2n) is 15.9. The van der Waals surface area contributed by atoms with Crippen molar-refractivity contribution in [3.05, 3.63) is 77.9 Å². The Labute approximate surface area is 379 Å². The summed E-state index contributed by atoms with van der Waals surface area (Å²) in [6.45, 7) is 7.59. The summed E-state index contributed by atoms with van der Waals surface area (Å²) >= 11 is 0. The highest BCUT2D eigenvalue weighted by atomic mass is 28.4. The molecule has 2 aromatic rings. The van der Waals surface area contributed by atoms with Crippen LogP contribution < -0.4 is 20.3 Å². The number of methoxy groups -OCH3 is 1. The number of alkyl halides is 17. The van der Waals surface area contributed by atoms with E-state index in [2.05, 4.69) is 5.32 Å². The number of anilines is 1. The first-order valence-corrected chi connectivity index (χ1v) is 22.1. The second kappa shape index (κ2) is 21.9. The average Bonchev–Trinajstić information content (AvgIpc) is 3.24. The molecule has 386 valence electrons. The van der Waals surface area contributed by atoms with Crippen molar-refractivity contribution in [3.8, 4) is 11.5 Å². The van der Waals surface area contributed by atoms with E-state index in [-0.39, 0.29) is 5.75 Å². The van der Waals surface area contributed by atoms with E-state index in [1.54, 1.807) is 26.0 Å². The van der Waals surface area contributed by atoms with Crippen LogP contribution in [0.3, 0.4) is 0 Å². The maximum atomic E-state index is 15.0. The van der Waals surface area contributed by atoms with Gasteiger partial charge in [0.2, 0.25) is 0 Å². The molecule has 0 bridgehead atoms. The van der Waals surface area contributed by atoms with Gasteiger partial charge in [-0.05, 0) is 66.0 Å². The van der Waals surface area contributed by atoms with Crippen molar-refractivity contribution in [2.24, 2.45) is 5.92 Å². The SMILES string of the molecule is COc1ccc(NC(=O)O[C@@H](c2ccc(OCCO[Si](CCC(F)(F)C(F)(F)C(F)(F)C(F)(F)C(F)(F)C(F)(F)C(F)(F)C(F)(F)F)(C(C)C)C(C)C)cc2)[C@@H](C)/C(C)=C/C=C/C(=O)NO)cc1. The molecular formula is C41H47F17N2O7Si. The molecule has 2 aromatic carbocycles. The molecule has 9 nitrogen and oxygen atoms in total. The van der Waals surface area contributed by atoms with Crippen LogP contribution in [0.5, 0.6) is 11.5 Å². The van der Waals surface area contributed by atoms with Crippen molar-refractivity contribution in [2.45, 2.75) is 119 Å². The Kier molecular flexibility index (Phi) is 19.1. The highest BCUT2D eigenvalue weighted by molar-refractivity contribution is 6.76. The summed E-state index contributed by atoms with van der Waals surface area (Å²) in [5.41, 5.74) is 0.932. The largest absolute Gasteiger partial charge is 0.497 e. The van der Waals surface area contributed by atoms with Crippen LogP contribution in [0.4, 0.5) is 85.1 Å². The number of hydroxylamine groups is 1. The summed E-state index contributed by atoms with van der Waals surface area (Å²) in [5, 5.41) is 11.3. The van der Waals surface area contributed by atoms with E-state index in [1.807, 2.05) is 0 Å². The minimum Gasteiger partial charge on any atom is -0.497 e. The molecule has 0 aliphatic heterocycles. The lowest BCUT2D eigenvalue weighted by atomic mass is 9.88. The number of nitrogens with one attached hydrogen (secondary N) is 2. The fraction of sp³-hybridized carbons (Fsp3) is 0.561. The third-order valence-electron chi connectivity index (χ3n) is 11.0. The Morgan fingerprint density at radius 2 is 1.15 bits per heavy atom. The van der Waals surface area contributed by atoms with Crippen molar-refractivity contribution in [1.82, 2.24) is 5.48 Å². The van der Waals surface area contributed by atoms with E-state index in [0.717, 1.165) is 6.08 Å². The molecule has 0 aromatic heterocycles. The van der Waals surface area contributed by atoms with Crippen LogP contribution in [0, 0.1) is 5.92 Å². The van der Waals surface area contributed by atoms with Crippen LogP contribution in [-0.4, -0.2) is 93.5 Å². The maximum Gasteiger partial charge on any atom is 0.460 e. The van der Waals surface area contributed by atoms with Crippen molar-refractivity contribution >= 4 is 26.0 Å². The van der Waals surface area contributed by atoms with Crippen LogP contribution in [0.15, 0.2) is 72.3 Å². The molecular weight excluding hydrogens is 984 g/mol. The summed E-state index contributed by atoms with van der Waals surface area (Å²) in [4.78, 5) is 24.4. The fourth-order valence-electron chi connectivity index (χ4n) is 6.61. The lowest BCUT2D eigenvalue weighted by Crippen LogP contribution is -2.74. The fourth-order valence-corrected chi connectivity index (χ4v) is 11.1. The molecule has 0 unspecified atom stereocenters. The van der Waals surface area contributed by atoms with Gasteiger partial charge in [0.15, 0.2) is 8.32 Å². The maximum absolute atomic E-state index is 15.0. The van der Waals surface area contributed by atoms with Crippen molar-refractivity contribution in [3.63, 3.8) is 0 Å². The normalized spacial score (nSPS) is 15.1. The quantitative estimate of drug-likeness (QED) is 0.0182. The summed E-state index contributed by atoms with van der Waals surface area (Å²) < 4.78 is 259. The Bertz CT molecular complexity index is 2040. The standard InChI is InChI=1S/C41H47F17N2O7Si/c1-23(2)68(24(3)4,22-19-34(42,43)35(44,45)36(46,47)37(48,49)38(50,51)39(52,53)40(54,55)41(56,57)58)66-21-20-65-30-15-11-27(12-16-30)32(26(6)25(5)9-8-10-31(61)60-63)67-33(62)59-28-13-17-29(64-7)18-14-28/h8-18,23-24,26,32,63H,19-22H2,1-7H3,(H,59,62)(H,60,61)/b10-8+,25-9+/t26-,32+/m0/s1. The van der Waals surface area contributed by atoms with Crippen LogP contribution in [-0.2, 0) is 14.0 Å². The third-order valence-corrected chi connectivity index (χ3v) is 16.6. The smallest absolute Gasteiger partial charge is 0.460 e. The molecule has 0 aliphatic carbocycles. The number of halogens is 17. The molecule has 2 atom stereocenters. The van der Waals surface area contributed by atoms with E-state index in [1.165, 1.54) is 88.8 Å². The first-order chi connectivity index (χ1) is 30.9. The predicted octanol–water partition coefficient (Wildman–Crippen LogP) is 13.2. The minimum atomic E-state index is -8.71. The highest BCUT2D eigenvalue weighted by Gasteiger charge is 2.95. The van der Waals surface area contributed by atoms with Crippen LogP contribution >= 0.6 is 0 Å². The molecule has 3 N–H and O–H groups in total. The molecule has 0 spiro atoms. The van der Waals surface area contributed by atoms with Gasteiger partial charge >= 0.3 is 53.7 Å². The molecule has 2 amide bonds. The van der Waals surface area contributed by atoms with E-state index in [0.29, 0.717) is 22.6 Å². The first-order valence-electron chi connectivity index (χ1n) is 19.9. The van der Waals surface area contributed by atoms with E-state index in [4.69, 9.17) is 23.8 Å². The summed E-state index contributed by atoms with van der Waals surface area (Å²) in [6.07, 6.45) is -8.48. The van der Waals surface area contributed by atoms with Gasteiger partial charge in [-0.1, -0.05) is 64.5 Å². The number of hydrogen-bond acceptors (Lipinski definition) is 7. The van der Waals surface area contributed by atoms with Gasteiger partial charge in [-0.3, -0.25) is 15.3 Å². The predicted molar refractivity (Wildman–Crippen MR) is 212 cm³/mol. The Morgan fingerprint density at radius 1 is 0.676 bits per heavy atom. The number of rotatable bonds is 24. The average molecular weight is 1030 g/mol. The Balaban J connectivity index is 2.33.